The number of benzene rings is 1. The Hall–Kier alpha value is -0.690. The predicted molar refractivity (Wildman–Crippen MR) is 69.1 cm³/mol. The third kappa shape index (κ3) is 3.13. The van der Waals surface area contributed by atoms with Crippen LogP contribution in [-0.2, 0) is 6.42 Å². The van der Waals surface area contributed by atoms with E-state index in [4.69, 9.17) is 0 Å². The first kappa shape index (κ1) is 10.8. The zero-order chi connectivity index (χ0) is 10.7. The Labute approximate surface area is 96.8 Å². The molecule has 1 aliphatic heterocycles. The van der Waals surface area contributed by atoms with Crippen LogP contribution in [0, 0.1) is 5.41 Å². The number of allylic oxidation sites excluding steroid dienone is 2. The van der Waals surface area contributed by atoms with Crippen LogP contribution < -0.4 is 0 Å². The van der Waals surface area contributed by atoms with Gasteiger partial charge >= 0.3 is 0 Å². The molecule has 0 N–H and O–H groups in total. The molecule has 1 aliphatic rings. The zero-order valence-electron chi connectivity index (χ0n) is 9.49. The minimum absolute atomic E-state index is 0.413. The molecule has 0 saturated heterocycles. The molecule has 80 valence electrons. The Bertz CT molecular complexity index is 349. The lowest BCUT2D eigenvalue weighted by Gasteiger charge is -2.10. The molecule has 0 bridgehead atoms. The van der Waals surface area contributed by atoms with E-state index >= 15 is 0 Å². The van der Waals surface area contributed by atoms with Crippen molar-refractivity contribution >= 4 is 11.8 Å². The predicted octanol–water partition coefficient (Wildman–Crippen LogP) is 4.28. The van der Waals surface area contributed by atoms with Crippen molar-refractivity contribution in [2.24, 2.45) is 5.41 Å². The van der Waals surface area contributed by atoms with Gasteiger partial charge in [-0.15, -0.1) is 11.8 Å². The molecule has 0 amide bonds. The van der Waals surface area contributed by atoms with Crippen molar-refractivity contribution in [3.8, 4) is 0 Å². The fraction of sp³-hybridized carbons (Fsp3) is 0.429. The van der Waals surface area contributed by atoms with Crippen LogP contribution in [0.15, 0.2) is 41.3 Å². The van der Waals surface area contributed by atoms with Gasteiger partial charge < -0.3 is 0 Å². The Morgan fingerprint density at radius 1 is 1.13 bits per heavy atom. The molecule has 0 nitrogen and oxygen atoms in total. The summed E-state index contributed by atoms with van der Waals surface area (Å²) >= 11 is 2.03. The van der Waals surface area contributed by atoms with E-state index in [1.165, 1.54) is 24.2 Å². The third-order valence-corrected chi connectivity index (χ3v) is 4.27. The first-order valence-corrected chi connectivity index (χ1v) is 6.53. The summed E-state index contributed by atoms with van der Waals surface area (Å²) in [6.45, 7) is 4.63. The van der Waals surface area contributed by atoms with Crippen LogP contribution in [0.3, 0.4) is 0 Å². The molecule has 0 aromatic heterocycles. The van der Waals surface area contributed by atoms with Gasteiger partial charge in [-0.2, -0.15) is 0 Å². The summed E-state index contributed by atoms with van der Waals surface area (Å²) < 4.78 is 0. The summed E-state index contributed by atoms with van der Waals surface area (Å²) in [4.78, 5) is 1.57. The van der Waals surface area contributed by atoms with Crippen molar-refractivity contribution in [3.05, 3.63) is 46.9 Å². The fourth-order valence-electron chi connectivity index (χ4n) is 1.85. The quantitative estimate of drug-likeness (QED) is 0.730. The SMILES string of the molecule is CC1(C)C=C(CCc2ccccc2)SC1. The summed E-state index contributed by atoms with van der Waals surface area (Å²) in [6.07, 6.45) is 4.83. The minimum Gasteiger partial charge on any atom is -0.130 e. The smallest absolute Gasteiger partial charge is 0.00631 e. The summed E-state index contributed by atoms with van der Waals surface area (Å²) in [5.41, 5.74) is 1.86. The highest BCUT2D eigenvalue weighted by atomic mass is 32.2. The van der Waals surface area contributed by atoms with Gasteiger partial charge in [0, 0.05) is 5.75 Å². The van der Waals surface area contributed by atoms with Crippen LogP contribution in [0.5, 0.6) is 0 Å². The van der Waals surface area contributed by atoms with Crippen molar-refractivity contribution < 1.29 is 0 Å². The third-order valence-electron chi connectivity index (χ3n) is 2.68. The number of hydrogen-bond acceptors (Lipinski definition) is 1. The maximum Gasteiger partial charge on any atom is 0.00631 e. The van der Waals surface area contributed by atoms with E-state index in [-0.39, 0.29) is 0 Å². The molecule has 1 heteroatoms. The molecular formula is C14H18S. The Morgan fingerprint density at radius 2 is 1.87 bits per heavy atom. The molecule has 0 spiro atoms. The van der Waals surface area contributed by atoms with Gasteiger partial charge in [-0.05, 0) is 28.7 Å². The highest BCUT2D eigenvalue weighted by Gasteiger charge is 2.22. The summed E-state index contributed by atoms with van der Waals surface area (Å²) in [5.74, 6) is 1.25. The van der Waals surface area contributed by atoms with Gasteiger partial charge in [-0.25, -0.2) is 0 Å². The lowest BCUT2D eigenvalue weighted by Crippen LogP contribution is -2.05. The number of hydrogen-bond donors (Lipinski definition) is 0. The second-order valence-corrected chi connectivity index (χ2v) is 5.98. The van der Waals surface area contributed by atoms with E-state index in [0.29, 0.717) is 5.41 Å². The molecular weight excluding hydrogens is 200 g/mol. The minimum atomic E-state index is 0.413. The summed E-state index contributed by atoms with van der Waals surface area (Å²) in [6, 6.07) is 10.7. The summed E-state index contributed by atoms with van der Waals surface area (Å²) in [5, 5.41) is 0. The van der Waals surface area contributed by atoms with Crippen LogP contribution in [0.25, 0.3) is 0 Å². The summed E-state index contributed by atoms with van der Waals surface area (Å²) in [7, 11) is 0. The molecule has 0 fully saturated rings. The van der Waals surface area contributed by atoms with E-state index in [2.05, 4.69) is 50.3 Å². The molecule has 0 saturated carbocycles. The highest BCUT2D eigenvalue weighted by Crippen LogP contribution is 2.39. The van der Waals surface area contributed by atoms with Crippen molar-refractivity contribution in [1.29, 1.82) is 0 Å². The monoisotopic (exact) mass is 218 g/mol. The van der Waals surface area contributed by atoms with Crippen molar-refractivity contribution in [3.63, 3.8) is 0 Å². The lowest BCUT2D eigenvalue weighted by molar-refractivity contribution is 0.562. The number of thioether (sulfide) groups is 1. The first-order valence-electron chi connectivity index (χ1n) is 5.54. The van der Waals surface area contributed by atoms with Crippen LogP contribution in [0.1, 0.15) is 25.8 Å². The fourth-order valence-corrected chi connectivity index (χ4v) is 3.14. The topological polar surface area (TPSA) is 0 Å². The largest absolute Gasteiger partial charge is 0.130 e. The second-order valence-electron chi connectivity index (χ2n) is 4.87. The van der Waals surface area contributed by atoms with Gasteiger partial charge in [-0.3, -0.25) is 0 Å². The average Bonchev–Trinajstić information content (AvgIpc) is 2.57. The molecule has 0 aliphatic carbocycles. The molecule has 2 rings (SSSR count). The average molecular weight is 218 g/mol. The lowest BCUT2D eigenvalue weighted by atomic mass is 9.95. The van der Waals surface area contributed by atoms with Gasteiger partial charge in [0.15, 0.2) is 0 Å². The van der Waals surface area contributed by atoms with Crippen LogP contribution in [0.4, 0.5) is 0 Å². The molecule has 1 heterocycles. The van der Waals surface area contributed by atoms with Gasteiger partial charge in [-0.1, -0.05) is 50.3 Å². The molecule has 1 aromatic rings. The van der Waals surface area contributed by atoms with Gasteiger partial charge in [0.2, 0.25) is 0 Å². The molecule has 0 unspecified atom stereocenters. The van der Waals surface area contributed by atoms with E-state index in [9.17, 15) is 0 Å². The Morgan fingerprint density at radius 3 is 2.47 bits per heavy atom. The van der Waals surface area contributed by atoms with Crippen molar-refractivity contribution in [1.82, 2.24) is 0 Å². The van der Waals surface area contributed by atoms with Crippen LogP contribution >= 0.6 is 11.8 Å². The van der Waals surface area contributed by atoms with Crippen LogP contribution in [-0.4, -0.2) is 5.75 Å². The highest BCUT2D eigenvalue weighted by molar-refractivity contribution is 8.03. The molecule has 0 radical (unpaired) electrons. The number of aryl methyl sites for hydroxylation is 1. The standard InChI is InChI=1S/C14H18S/c1-14(2)10-13(15-11-14)9-8-12-6-4-3-5-7-12/h3-7,10H,8-9,11H2,1-2H3. The zero-order valence-corrected chi connectivity index (χ0v) is 10.3. The van der Waals surface area contributed by atoms with Gasteiger partial charge in [0.1, 0.15) is 0 Å². The normalized spacial score (nSPS) is 18.9. The van der Waals surface area contributed by atoms with Gasteiger partial charge in [0.05, 0.1) is 0 Å². The Balaban J connectivity index is 1.90. The van der Waals surface area contributed by atoms with E-state index in [0.717, 1.165) is 0 Å². The second kappa shape index (κ2) is 4.44. The van der Waals surface area contributed by atoms with E-state index in [1.54, 1.807) is 4.91 Å². The van der Waals surface area contributed by atoms with E-state index < -0.39 is 0 Å². The van der Waals surface area contributed by atoms with Crippen molar-refractivity contribution in [2.75, 3.05) is 5.75 Å². The molecule has 0 atom stereocenters. The first-order chi connectivity index (χ1) is 7.16. The van der Waals surface area contributed by atoms with Crippen molar-refractivity contribution in [2.45, 2.75) is 26.7 Å². The molecule has 15 heavy (non-hydrogen) atoms. The van der Waals surface area contributed by atoms with E-state index in [1.807, 2.05) is 11.8 Å². The van der Waals surface area contributed by atoms with Crippen LogP contribution in [0.2, 0.25) is 0 Å². The maximum absolute atomic E-state index is 2.45. The Kier molecular flexibility index (Phi) is 3.20. The molecule has 1 aromatic carbocycles. The number of rotatable bonds is 3. The maximum atomic E-state index is 2.45. The van der Waals surface area contributed by atoms with Gasteiger partial charge in [0.25, 0.3) is 0 Å².